The van der Waals surface area contributed by atoms with Gasteiger partial charge in [-0.3, -0.25) is 9.59 Å². The van der Waals surface area contributed by atoms with Gasteiger partial charge >= 0.3 is 0 Å². The Balaban J connectivity index is 1.50. The zero-order chi connectivity index (χ0) is 24.6. The number of carbonyl (C=O) groups is 1. The van der Waals surface area contributed by atoms with E-state index in [0.717, 1.165) is 26.1 Å². The Morgan fingerprint density at radius 2 is 1.74 bits per heavy atom. The second kappa shape index (κ2) is 11.4. The van der Waals surface area contributed by atoms with Gasteiger partial charge in [0.05, 0.1) is 31.3 Å². The van der Waals surface area contributed by atoms with Crippen molar-refractivity contribution in [2.75, 3.05) is 26.7 Å². The summed E-state index contributed by atoms with van der Waals surface area (Å²) in [6.45, 7) is 5.63. The first-order valence-corrected chi connectivity index (χ1v) is 11.9. The van der Waals surface area contributed by atoms with Crippen LogP contribution in [0.25, 0.3) is 16.5 Å². The van der Waals surface area contributed by atoms with Crippen LogP contribution < -0.4 is 20.5 Å². The molecule has 2 N–H and O–H groups in total. The van der Waals surface area contributed by atoms with Gasteiger partial charge in [-0.15, -0.1) is 0 Å². The molecular formula is C28H31N4O3+. The van der Waals surface area contributed by atoms with Crippen LogP contribution in [-0.4, -0.2) is 42.4 Å². The van der Waals surface area contributed by atoms with Gasteiger partial charge in [-0.05, 0) is 25.1 Å². The topological polar surface area (TPSA) is 77.7 Å². The molecule has 0 aliphatic rings. The average Bonchev–Trinajstić information content (AvgIpc) is 2.91. The van der Waals surface area contributed by atoms with Gasteiger partial charge in [-0.1, -0.05) is 54.6 Å². The lowest BCUT2D eigenvalue weighted by Gasteiger charge is -2.18. The van der Waals surface area contributed by atoms with Gasteiger partial charge in [0.1, 0.15) is 12.3 Å². The zero-order valence-electron chi connectivity index (χ0n) is 20.2. The largest absolute Gasteiger partial charge is 0.497 e. The lowest BCUT2D eigenvalue weighted by atomic mass is 10.1. The Morgan fingerprint density at radius 1 is 1.00 bits per heavy atom. The Hall–Kier alpha value is -3.97. The van der Waals surface area contributed by atoms with Crippen LogP contribution in [0.2, 0.25) is 0 Å². The van der Waals surface area contributed by atoms with Crippen molar-refractivity contribution < 1.29 is 14.4 Å². The maximum atomic E-state index is 13.2. The molecule has 0 fully saturated rings. The molecule has 180 valence electrons. The quantitative estimate of drug-likeness (QED) is 0.349. The summed E-state index contributed by atoms with van der Waals surface area (Å²) in [6, 6.07) is 24.6. The van der Waals surface area contributed by atoms with E-state index in [0.29, 0.717) is 28.8 Å². The number of aromatic nitrogens is 2. The number of fused-ring (bicyclic) bond motifs is 1. The number of quaternary nitrogens is 1. The molecule has 0 aliphatic carbocycles. The van der Waals surface area contributed by atoms with Gasteiger partial charge in [0.15, 0.2) is 5.69 Å². The van der Waals surface area contributed by atoms with Crippen molar-refractivity contribution in [2.24, 2.45) is 0 Å². The maximum absolute atomic E-state index is 13.2. The van der Waals surface area contributed by atoms with Gasteiger partial charge in [0.2, 0.25) is 0 Å². The number of rotatable bonds is 10. The summed E-state index contributed by atoms with van der Waals surface area (Å²) in [4.78, 5) is 27.8. The van der Waals surface area contributed by atoms with E-state index in [-0.39, 0.29) is 17.2 Å². The molecule has 0 spiro atoms. The minimum atomic E-state index is -0.293. The van der Waals surface area contributed by atoms with Crippen molar-refractivity contribution >= 4 is 16.7 Å². The van der Waals surface area contributed by atoms with Crippen LogP contribution in [0.1, 0.15) is 29.4 Å². The molecule has 0 bridgehead atoms. The standard InChI is InChI=1S/C28H30N4O3/c1-3-31(20-21-11-5-4-6-12-21)18-10-17-29-27(33)26-24-15-7-8-16-25(24)28(34)32(30-26)22-13-9-14-23(19-22)35-2/h4-9,11-16,19H,3,10,17-18,20H2,1-2H3,(H,29,33)/p+1. The number of ether oxygens (including phenoxy) is 1. The van der Waals surface area contributed by atoms with Crippen LogP contribution in [0.3, 0.4) is 0 Å². The van der Waals surface area contributed by atoms with Crippen molar-refractivity contribution in [3.63, 3.8) is 0 Å². The Kier molecular flexibility index (Phi) is 7.90. The summed E-state index contributed by atoms with van der Waals surface area (Å²) >= 11 is 0. The van der Waals surface area contributed by atoms with E-state index in [4.69, 9.17) is 4.74 Å². The van der Waals surface area contributed by atoms with Crippen molar-refractivity contribution in [3.05, 3.63) is 100 Å². The van der Waals surface area contributed by atoms with Crippen LogP contribution in [0, 0.1) is 0 Å². The van der Waals surface area contributed by atoms with Crippen LogP contribution in [-0.2, 0) is 6.54 Å². The number of hydrogen-bond donors (Lipinski definition) is 2. The highest BCUT2D eigenvalue weighted by Gasteiger charge is 2.18. The molecule has 1 amide bonds. The summed E-state index contributed by atoms with van der Waals surface area (Å²) in [7, 11) is 1.57. The van der Waals surface area contributed by atoms with Gasteiger partial charge in [0, 0.05) is 30.0 Å². The minimum Gasteiger partial charge on any atom is -0.497 e. The molecular weight excluding hydrogens is 440 g/mol. The highest BCUT2D eigenvalue weighted by atomic mass is 16.5. The molecule has 4 aromatic rings. The van der Waals surface area contributed by atoms with E-state index in [9.17, 15) is 9.59 Å². The lowest BCUT2D eigenvalue weighted by molar-refractivity contribution is -0.912. The van der Waals surface area contributed by atoms with E-state index in [1.165, 1.54) is 15.1 Å². The number of nitrogens with zero attached hydrogens (tertiary/aromatic N) is 2. The monoisotopic (exact) mass is 471 g/mol. The highest BCUT2D eigenvalue weighted by Crippen LogP contribution is 2.18. The molecule has 7 nitrogen and oxygen atoms in total. The summed E-state index contributed by atoms with van der Waals surface area (Å²) < 4.78 is 6.55. The third-order valence-corrected chi connectivity index (χ3v) is 6.11. The first kappa shape index (κ1) is 24.2. The molecule has 1 aromatic heterocycles. The maximum Gasteiger partial charge on any atom is 0.279 e. The van der Waals surface area contributed by atoms with E-state index in [2.05, 4.69) is 41.6 Å². The van der Waals surface area contributed by atoms with Gasteiger partial charge in [-0.2, -0.15) is 9.78 Å². The fraction of sp³-hybridized carbons (Fsp3) is 0.250. The molecule has 1 unspecified atom stereocenters. The van der Waals surface area contributed by atoms with Crippen molar-refractivity contribution in [1.29, 1.82) is 0 Å². The normalized spacial score (nSPS) is 11.8. The number of methoxy groups -OCH3 is 1. The van der Waals surface area contributed by atoms with E-state index < -0.39 is 0 Å². The average molecular weight is 472 g/mol. The highest BCUT2D eigenvalue weighted by molar-refractivity contribution is 6.04. The van der Waals surface area contributed by atoms with Gasteiger partial charge < -0.3 is 15.0 Å². The third-order valence-electron chi connectivity index (χ3n) is 6.11. The lowest BCUT2D eigenvalue weighted by Crippen LogP contribution is -3.10. The molecule has 4 rings (SSSR count). The predicted octanol–water partition coefficient (Wildman–Crippen LogP) is 2.62. The minimum absolute atomic E-state index is 0.229. The number of nitrogens with one attached hydrogen (secondary N) is 2. The Morgan fingerprint density at radius 3 is 2.49 bits per heavy atom. The predicted molar refractivity (Wildman–Crippen MR) is 137 cm³/mol. The molecule has 0 radical (unpaired) electrons. The van der Waals surface area contributed by atoms with Crippen LogP contribution in [0.5, 0.6) is 5.75 Å². The molecule has 1 atom stereocenters. The number of carbonyl (C=O) groups excluding carboxylic acids is 1. The molecule has 0 aliphatic heterocycles. The van der Waals surface area contributed by atoms with Crippen LogP contribution in [0.4, 0.5) is 0 Å². The fourth-order valence-corrected chi connectivity index (χ4v) is 4.17. The number of amides is 1. The smallest absolute Gasteiger partial charge is 0.279 e. The van der Waals surface area contributed by atoms with E-state index >= 15 is 0 Å². The van der Waals surface area contributed by atoms with Crippen LogP contribution >= 0.6 is 0 Å². The SMILES string of the molecule is CC[NH+](CCCNC(=O)c1nn(-c2cccc(OC)c2)c(=O)c2ccccc12)Cc1ccccc1. The third kappa shape index (κ3) is 5.75. The number of hydrogen-bond acceptors (Lipinski definition) is 4. The Bertz CT molecular complexity index is 1350. The molecule has 7 heteroatoms. The molecule has 3 aromatic carbocycles. The molecule has 0 saturated heterocycles. The van der Waals surface area contributed by atoms with E-state index in [1.807, 2.05) is 12.1 Å². The second-order valence-electron chi connectivity index (χ2n) is 8.44. The molecule has 1 heterocycles. The van der Waals surface area contributed by atoms with Gasteiger partial charge in [0.25, 0.3) is 11.5 Å². The van der Waals surface area contributed by atoms with E-state index in [1.54, 1.807) is 49.6 Å². The summed E-state index contributed by atoms with van der Waals surface area (Å²) in [5.41, 5.74) is 1.79. The fourth-order valence-electron chi connectivity index (χ4n) is 4.17. The van der Waals surface area contributed by atoms with Crippen molar-refractivity contribution in [2.45, 2.75) is 19.9 Å². The second-order valence-corrected chi connectivity index (χ2v) is 8.44. The first-order chi connectivity index (χ1) is 17.1. The first-order valence-electron chi connectivity index (χ1n) is 11.9. The summed E-state index contributed by atoms with van der Waals surface area (Å²) in [6.07, 6.45) is 0.842. The molecule has 0 saturated carbocycles. The zero-order valence-corrected chi connectivity index (χ0v) is 20.2. The van der Waals surface area contributed by atoms with Gasteiger partial charge in [-0.25, -0.2) is 0 Å². The van der Waals surface area contributed by atoms with Crippen LogP contribution in [0.15, 0.2) is 83.7 Å². The molecule has 35 heavy (non-hydrogen) atoms. The van der Waals surface area contributed by atoms with Crippen molar-refractivity contribution in [3.8, 4) is 11.4 Å². The summed E-state index contributed by atoms with van der Waals surface area (Å²) in [5.74, 6) is 0.313. The van der Waals surface area contributed by atoms with Crippen molar-refractivity contribution in [1.82, 2.24) is 15.1 Å². The number of benzene rings is 3. The Labute approximate surface area is 205 Å². The summed E-state index contributed by atoms with van der Waals surface area (Å²) in [5, 5.41) is 8.45.